The van der Waals surface area contributed by atoms with E-state index in [9.17, 15) is 9.18 Å². The summed E-state index contributed by atoms with van der Waals surface area (Å²) >= 11 is 0. The third kappa shape index (κ3) is 4.25. The van der Waals surface area contributed by atoms with Crippen LogP contribution < -0.4 is 14.2 Å². The SMILES string of the molecule is CCn1cc(/C=C2\Oc3c(ccc4c3CN(CCc3ccc(F)cc3)CO4)C2=O)c2cc(OC)ccc21. The van der Waals surface area contributed by atoms with Crippen LogP contribution in [0.15, 0.2) is 66.6 Å². The van der Waals surface area contributed by atoms with Crippen LogP contribution in [-0.2, 0) is 19.5 Å². The van der Waals surface area contributed by atoms with E-state index in [0.29, 0.717) is 30.3 Å². The van der Waals surface area contributed by atoms with Crippen molar-refractivity contribution >= 4 is 22.8 Å². The molecule has 6 nitrogen and oxygen atoms in total. The van der Waals surface area contributed by atoms with Gasteiger partial charge < -0.3 is 18.8 Å². The Labute approximate surface area is 214 Å². The number of methoxy groups -OCH3 is 1. The Morgan fingerprint density at radius 3 is 2.73 bits per heavy atom. The molecule has 4 aromatic rings. The summed E-state index contributed by atoms with van der Waals surface area (Å²) in [5.41, 5.74) is 4.45. The lowest BCUT2D eigenvalue weighted by atomic mass is 10.0. The van der Waals surface area contributed by atoms with E-state index in [4.69, 9.17) is 14.2 Å². The molecule has 2 aliphatic heterocycles. The minimum Gasteiger partial charge on any atom is -0.497 e. The van der Waals surface area contributed by atoms with Gasteiger partial charge in [0.25, 0.3) is 0 Å². The van der Waals surface area contributed by atoms with Crippen LogP contribution in [0.3, 0.4) is 0 Å². The van der Waals surface area contributed by atoms with Gasteiger partial charge in [-0.05, 0) is 67.4 Å². The Hall–Kier alpha value is -4.10. The summed E-state index contributed by atoms with van der Waals surface area (Å²) in [6.45, 7) is 4.68. The first-order valence-corrected chi connectivity index (χ1v) is 12.4. The van der Waals surface area contributed by atoms with Gasteiger partial charge >= 0.3 is 0 Å². The summed E-state index contributed by atoms with van der Waals surface area (Å²) in [5, 5.41) is 0.999. The van der Waals surface area contributed by atoms with Crippen LogP contribution in [0.5, 0.6) is 17.2 Å². The van der Waals surface area contributed by atoms with Gasteiger partial charge in [-0.1, -0.05) is 12.1 Å². The van der Waals surface area contributed by atoms with E-state index in [1.54, 1.807) is 25.3 Å². The second-order valence-electron chi connectivity index (χ2n) is 9.31. The minimum atomic E-state index is -0.237. The highest BCUT2D eigenvalue weighted by Crippen LogP contribution is 2.42. The fourth-order valence-corrected chi connectivity index (χ4v) is 5.03. The molecule has 6 rings (SSSR count). The molecule has 0 spiro atoms. The minimum absolute atomic E-state index is 0.137. The van der Waals surface area contributed by atoms with Crippen LogP contribution in [0, 0.1) is 5.82 Å². The molecule has 37 heavy (non-hydrogen) atoms. The van der Waals surface area contributed by atoms with Gasteiger partial charge in [-0.15, -0.1) is 0 Å². The van der Waals surface area contributed by atoms with Gasteiger partial charge in [-0.2, -0.15) is 0 Å². The van der Waals surface area contributed by atoms with Crippen LogP contribution in [0.1, 0.15) is 34.0 Å². The van der Waals surface area contributed by atoms with Crippen molar-refractivity contribution in [2.45, 2.75) is 26.4 Å². The van der Waals surface area contributed by atoms with E-state index in [-0.39, 0.29) is 11.6 Å². The molecule has 7 heteroatoms. The second-order valence-corrected chi connectivity index (χ2v) is 9.31. The molecule has 3 heterocycles. The standard InChI is InChI=1S/C30H27FN2O4/c1-3-33-16-20(24-15-22(35-2)8-10-26(24)33)14-28-29(34)23-9-11-27-25(30(23)37-28)17-32(18-36-27)13-12-19-4-6-21(31)7-5-19/h4-11,14-16H,3,12-13,17-18H2,1-2H3/b28-14-. The number of ketones is 1. The molecule has 0 saturated heterocycles. The number of aromatic nitrogens is 1. The van der Waals surface area contributed by atoms with Crippen LogP contribution in [0.4, 0.5) is 4.39 Å². The fraction of sp³-hybridized carbons (Fsp3) is 0.233. The number of hydrogen-bond donors (Lipinski definition) is 0. The number of nitrogens with zero attached hydrogens (tertiary/aromatic N) is 2. The van der Waals surface area contributed by atoms with Crippen molar-refractivity contribution in [2.75, 3.05) is 20.4 Å². The highest BCUT2D eigenvalue weighted by Gasteiger charge is 2.33. The molecule has 1 aromatic heterocycles. The molecule has 0 unspecified atom stereocenters. The Morgan fingerprint density at radius 2 is 1.95 bits per heavy atom. The summed E-state index contributed by atoms with van der Waals surface area (Å²) < 4.78 is 33.0. The molecule has 0 radical (unpaired) electrons. The smallest absolute Gasteiger partial charge is 0.231 e. The fourth-order valence-electron chi connectivity index (χ4n) is 5.03. The third-order valence-corrected chi connectivity index (χ3v) is 7.06. The summed E-state index contributed by atoms with van der Waals surface area (Å²) in [7, 11) is 1.64. The highest BCUT2D eigenvalue weighted by atomic mass is 19.1. The average molecular weight is 499 g/mol. The summed E-state index contributed by atoms with van der Waals surface area (Å²) in [6, 6.07) is 16.1. The number of carbonyl (C=O) groups is 1. The first-order valence-electron chi connectivity index (χ1n) is 12.4. The zero-order chi connectivity index (χ0) is 25.5. The zero-order valence-corrected chi connectivity index (χ0v) is 20.8. The van der Waals surface area contributed by atoms with Crippen LogP contribution >= 0.6 is 0 Å². The molecule has 188 valence electrons. The lowest BCUT2D eigenvalue weighted by Crippen LogP contribution is -2.33. The van der Waals surface area contributed by atoms with Crippen molar-refractivity contribution in [3.05, 3.63) is 94.6 Å². The average Bonchev–Trinajstić information content (AvgIpc) is 3.44. The number of ether oxygens (including phenoxy) is 3. The quantitative estimate of drug-likeness (QED) is 0.314. The van der Waals surface area contributed by atoms with Gasteiger partial charge in [-0.25, -0.2) is 4.39 Å². The van der Waals surface area contributed by atoms with Crippen LogP contribution in [-0.4, -0.2) is 35.6 Å². The predicted octanol–water partition coefficient (Wildman–Crippen LogP) is 5.82. The molecule has 2 aliphatic rings. The predicted molar refractivity (Wildman–Crippen MR) is 140 cm³/mol. The van der Waals surface area contributed by atoms with Gasteiger partial charge in [0.2, 0.25) is 5.78 Å². The van der Waals surface area contributed by atoms with Crippen molar-refractivity contribution in [3.63, 3.8) is 0 Å². The number of carbonyl (C=O) groups excluding carboxylic acids is 1. The van der Waals surface area contributed by atoms with E-state index >= 15 is 0 Å². The first-order chi connectivity index (χ1) is 18.0. The van der Waals surface area contributed by atoms with Gasteiger partial charge in [-0.3, -0.25) is 9.69 Å². The van der Waals surface area contributed by atoms with Crippen molar-refractivity contribution in [1.29, 1.82) is 0 Å². The molecule has 0 N–H and O–H groups in total. The summed E-state index contributed by atoms with van der Waals surface area (Å²) in [6.07, 6.45) is 4.62. The molecular weight excluding hydrogens is 471 g/mol. The van der Waals surface area contributed by atoms with E-state index in [0.717, 1.165) is 58.6 Å². The lowest BCUT2D eigenvalue weighted by molar-refractivity contribution is 0.0949. The number of allylic oxidation sites excluding steroid dienone is 1. The van der Waals surface area contributed by atoms with Crippen molar-refractivity contribution < 1.29 is 23.4 Å². The van der Waals surface area contributed by atoms with Crippen molar-refractivity contribution in [1.82, 2.24) is 9.47 Å². The number of benzene rings is 3. The van der Waals surface area contributed by atoms with Crippen LogP contribution in [0.2, 0.25) is 0 Å². The molecule has 0 atom stereocenters. The largest absolute Gasteiger partial charge is 0.497 e. The van der Waals surface area contributed by atoms with Crippen molar-refractivity contribution in [3.8, 4) is 17.2 Å². The molecule has 0 bridgehead atoms. The third-order valence-electron chi connectivity index (χ3n) is 7.06. The van der Waals surface area contributed by atoms with Crippen molar-refractivity contribution in [2.24, 2.45) is 0 Å². The maximum Gasteiger partial charge on any atom is 0.231 e. The monoisotopic (exact) mass is 498 g/mol. The second kappa shape index (κ2) is 9.41. The number of halogens is 1. The molecule has 3 aromatic carbocycles. The number of aryl methyl sites for hydroxylation is 1. The number of rotatable bonds is 6. The zero-order valence-electron chi connectivity index (χ0n) is 20.8. The highest BCUT2D eigenvalue weighted by molar-refractivity contribution is 6.15. The van der Waals surface area contributed by atoms with E-state index in [1.807, 2.05) is 36.5 Å². The molecule has 0 saturated carbocycles. The summed E-state index contributed by atoms with van der Waals surface area (Å²) in [4.78, 5) is 15.5. The molecule has 0 aliphatic carbocycles. The Morgan fingerprint density at radius 1 is 1.11 bits per heavy atom. The van der Waals surface area contributed by atoms with Gasteiger partial charge in [0.1, 0.15) is 29.8 Å². The van der Waals surface area contributed by atoms with Gasteiger partial charge in [0, 0.05) is 42.3 Å². The van der Waals surface area contributed by atoms with E-state index in [1.165, 1.54) is 12.1 Å². The normalized spacial score (nSPS) is 16.0. The first kappa shape index (κ1) is 23.3. The maximum absolute atomic E-state index is 13.3. The number of fused-ring (bicyclic) bond motifs is 4. The lowest BCUT2D eigenvalue weighted by Gasteiger charge is -2.29. The number of hydrogen-bond acceptors (Lipinski definition) is 5. The molecular formula is C30H27FN2O4. The number of Topliss-reactive ketones (excluding diaryl/α,β-unsaturated/α-hetero) is 1. The summed E-state index contributed by atoms with van der Waals surface area (Å²) in [5.74, 6) is 1.98. The Balaban J connectivity index is 1.28. The molecule has 0 amide bonds. The Bertz CT molecular complexity index is 1540. The molecule has 0 fully saturated rings. The topological polar surface area (TPSA) is 52.9 Å². The van der Waals surface area contributed by atoms with Crippen LogP contribution in [0.25, 0.3) is 17.0 Å². The Kier molecular flexibility index (Phi) is 5.93. The van der Waals surface area contributed by atoms with Gasteiger partial charge in [0.15, 0.2) is 5.76 Å². The van der Waals surface area contributed by atoms with E-state index in [2.05, 4.69) is 16.4 Å². The van der Waals surface area contributed by atoms with Gasteiger partial charge in [0.05, 0.1) is 18.2 Å². The van der Waals surface area contributed by atoms with E-state index < -0.39 is 0 Å². The maximum atomic E-state index is 13.3.